The van der Waals surface area contributed by atoms with Crippen LogP contribution in [0.1, 0.15) is 41.6 Å². The first kappa shape index (κ1) is 19.6. The lowest BCUT2D eigenvalue weighted by atomic mass is 10.0. The lowest BCUT2D eigenvalue weighted by Gasteiger charge is -2.18. The predicted octanol–water partition coefficient (Wildman–Crippen LogP) is 3.24. The van der Waals surface area contributed by atoms with E-state index in [1.54, 1.807) is 24.3 Å². The second kappa shape index (κ2) is 9.17. The fraction of sp³-hybridized carbons (Fsp3) is 0.318. The summed E-state index contributed by atoms with van der Waals surface area (Å²) in [4.78, 5) is 35.6. The third-order valence-corrected chi connectivity index (χ3v) is 4.71. The SMILES string of the molecule is O=C(O)CCC(Cc1ccccc1)NC(=O)c1cccc(NC(=O)C2CC2)c1. The van der Waals surface area contributed by atoms with Crippen molar-refractivity contribution in [2.24, 2.45) is 5.92 Å². The standard InChI is InChI=1S/C22H24N2O4/c25-20(26)12-11-19(13-15-5-2-1-3-6-15)24-22(28)17-7-4-8-18(14-17)23-21(27)16-9-10-16/h1-8,14,16,19H,9-13H2,(H,23,27)(H,24,28)(H,25,26). The predicted molar refractivity (Wildman–Crippen MR) is 106 cm³/mol. The van der Waals surface area contributed by atoms with Gasteiger partial charge in [0, 0.05) is 29.6 Å². The minimum Gasteiger partial charge on any atom is -0.481 e. The molecule has 2 amide bonds. The minimum atomic E-state index is -0.892. The Bertz CT molecular complexity index is 847. The molecule has 2 aromatic rings. The number of hydrogen-bond donors (Lipinski definition) is 3. The minimum absolute atomic E-state index is 0.0130. The van der Waals surface area contributed by atoms with E-state index in [0.717, 1.165) is 18.4 Å². The third kappa shape index (κ3) is 5.94. The molecule has 0 aliphatic heterocycles. The topological polar surface area (TPSA) is 95.5 Å². The number of benzene rings is 2. The first-order valence-electron chi connectivity index (χ1n) is 9.49. The van der Waals surface area contributed by atoms with Crippen LogP contribution in [0.15, 0.2) is 54.6 Å². The molecule has 1 saturated carbocycles. The molecule has 3 rings (SSSR count). The van der Waals surface area contributed by atoms with Gasteiger partial charge in [-0.25, -0.2) is 0 Å². The fourth-order valence-corrected chi connectivity index (χ4v) is 3.02. The molecule has 3 N–H and O–H groups in total. The van der Waals surface area contributed by atoms with E-state index in [4.69, 9.17) is 5.11 Å². The average molecular weight is 380 g/mol. The summed E-state index contributed by atoms with van der Waals surface area (Å²) in [7, 11) is 0. The zero-order valence-corrected chi connectivity index (χ0v) is 15.6. The van der Waals surface area contributed by atoms with E-state index < -0.39 is 5.97 Å². The lowest BCUT2D eigenvalue weighted by Crippen LogP contribution is -2.37. The Morgan fingerprint density at radius 1 is 1.04 bits per heavy atom. The number of hydrogen-bond acceptors (Lipinski definition) is 3. The molecule has 0 heterocycles. The van der Waals surface area contributed by atoms with Gasteiger partial charge in [0.05, 0.1) is 0 Å². The van der Waals surface area contributed by atoms with Crippen LogP contribution in [0.5, 0.6) is 0 Å². The van der Waals surface area contributed by atoms with Crippen molar-refractivity contribution in [1.82, 2.24) is 5.32 Å². The number of aliphatic carboxylic acids is 1. The molecule has 0 radical (unpaired) electrons. The van der Waals surface area contributed by atoms with Gasteiger partial charge in [0.25, 0.3) is 5.91 Å². The van der Waals surface area contributed by atoms with Crippen molar-refractivity contribution in [2.75, 3.05) is 5.32 Å². The molecule has 6 heteroatoms. The van der Waals surface area contributed by atoms with E-state index in [9.17, 15) is 14.4 Å². The smallest absolute Gasteiger partial charge is 0.303 e. The van der Waals surface area contributed by atoms with Gasteiger partial charge in [0.2, 0.25) is 5.91 Å². The summed E-state index contributed by atoms with van der Waals surface area (Å²) in [6, 6.07) is 16.2. The molecule has 0 spiro atoms. The maximum absolute atomic E-state index is 12.7. The van der Waals surface area contributed by atoms with Crippen LogP contribution >= 0.6 is 0 Å². The second-order valence-corrected chi connectivity index (χ2v) is 7.14. The zero-order valence-electron chi connectivity index (χ0n) is 15.6. The molecule has 1 fully saturated rings. The Kier molecular flexibility index (Phi) is 6.42. The van der Waals surface area contributed by atoms with Crippen LogP contribution in [-0.4, -0.2) is 28.9 Å². The average Bonchev–Trinajstić information content (AvgIpc) is 3.52. The third-order valence-electron chi connectivity index (χ3n) is 4.71. The van der Waals surface area contributed by atoms with Crippen molar-refractivity contribution >= 4 is 23.5 Å². The Balaban J connectivity index is 1.66. The number of carbonyl (C=O) groups is 3. The number of anilines is 1. The maximum Gasteiger partial charge on any atom is 0.303 e. The number of rotatable bonds is 9. The molecular weight excluding hydrogens is 356 g/mol. The molecule has 0 saturated heterocycles. The van der Waals surface area contributed by atoms with Gasteiger partial charge in [-0.1, -0.05) is 36.4 Å². The Morgan fingerprint density at radius 2 is 1.79 bits per heavy atom. The summed E-state index contributed by atoms with van der Waals surface area (Å²) in [6.45, 7) is 0. The van der Waals surface area contributed by atoms with Crippen LogP contribution in [0.2, 0.25) is 0 Å². The van der Waals surface area contributed by atoms with E-state index >= 15 is 0 Å². The lowest BCUT2D eigenvalue weighted by molar-refractivity contribution is -0.137. The van der Waals surface area contributed by atoms with Crippen LogP contribution in [-0.2, 0) is 16.0 Å². The highest BCUT2D eigenvalue weighted by Gasteiger charge is 2.29. The summed E-state index contributed by atoms with van der Waals surface area (Å²) in [5, 5.41) is 14.8. The van der Waals surface area contributed by atoms with Gasteiger partial charge in [-0.2, -0.15) is 0 Å². The molecule has 0 bridgehead atoms. The quantitative estimate of drug-likeness (QED) is 0.622. The van der Waals surface area contributed by atoms with E-state index in [1.165, 1.54) is 0 Å². The van der Waals surface area contributed by atoms with E-state index in [1.807, 2.05) is 30.3 Å². The highest BCUT2D eigenvalue weighted by atomic mass is 16.4. The molecule has 1 aliphatic carbocycles. The number of amides is 2. The highest BCUT2D eigenvalue weighted by molar-refractivity contribution is 5.98. The molecule has 1 aliphatic rings. The van der Waals surface area contributed by atoms with Gasteiger partial charge in [-0.3, -0.25) is 14.4 Å². The summed E-state index contributed by atoms with van der Waals surface area (Å²) in [5.41, 5.74) is 2.06. The van der Waals surface area contributed by atoms with Crippen LogP contribution in [0.4, 0.5) is 5.69 Å². The van der Waals surface area contributed by atoms with Crippen LogP contribution < -0.4 is 10.6 Å². The largest absolute Gasteiger partial charge is 0.481 e. The molecule has 28 heavy (non-hydrogen) atoms. The van der Waals surface area contributed by atoms with Gasteiger partial charge in [0.15, 0.2) is 0 Å². The van der Waals surface area contributed by atoms with Crippen molar-refractivity contribution < 1.29 is 19.5 Å². The van der Waals surface area contributed by atoms with E-state index in [0.29, 0.717) is 24.1 Å². The Hall–Kier alpha value is -3.15. The Morgan fingerprint density at radius 3 is 2.46 bits per heavy atom. The zero-order chi connectivity index (χ0) is 19.9. The van der Waals surface area contributed by atoms with Gasteiger partial charge in [-0.05, 0) is 49.4 Å². The van der Waals surface area contributed by atoms with Crippen molar-refractivity contribution in [2.45, 2.75) is 38.1 Å². The van der Waals surface area contributed by atoms with Crippen molar-refractivity contribution in [3.63, 3.8) is 0 Å². The second-order valence-electron chi connectivity index (χ2n) is 7.14. The molecule has 2 aromatic carbocycles. The number of carboxylic acid groups (broad SMARTS) is 1. The number of carboxylic acids is 1. The van der Waals surface area contributed by atoms with Crippen molar-refractivity contribution in [3.05, 3.63) is 65.7 Å². The summed E-state index contributed by atoms with van der Waals surface area (Å²) in [5.74, 6) is -1.10. The summed E-state index contributed by atoms with van der Waals surface area (Å²) in [6.07, 6.45) is 2.70. The monoisotopic (exact) mass is 380 g/mol. The first-order valence-corrected chi connectivity index (χ1v) is 9.49. The van der Waals surface area contributed by atoms with Gasteiger partial charge in [0.1, 0.15) is 0 Å². The fourth-order valence-electron chi connectivity index (χ4n) is 3.02. The van der Waals surface area contributed by atoms with Crippen molar-refractivity contribution in [3.8, 4) is 0 Å². The number of nitrogens with one attached hydrogen (secondary N) is 2. The van der Waals surface area contributed by atoms with Gasteiger partial charge in [-0.15, -0.1) is 0 Å². The van der Waals surface area contributed by atoms with Gasteiger partial charge < -0.3 is 15.7 Å². The Labute approximate surface area is 164 Å². The molecule has 1 unspecified atom stereocenters. The maximum atomic E-state index is 12.7. The molecule has 0 aromatic heterocycles. The normalized spacial score (nSPS) is 14.1. The highest BCUT2D eigenvalue weighted by Crippen LogP contribution is 2.30. The molecular formula is C22H24N2O4. The van der Waals surface area contributed by atoms with E-state index in [-0.39, 0.29) is 30.2 Å². The summed E-state index contributed by atoms with van der Waals surface area (Å²) < 4.78 is 0. The van der Waals surface area contributed by atoms with Gasteiger partial charge >= 0.3 is 5.97 Å². The molecule has 1 atom stereocenters. The van der Waals surface area contributed by atoms with Crippen LogP contribution in [0, 0.1) is 5.92 Å². The summed E-state index contributed by atoms with van der Waals surface area (Å²) >= 11 is 0. The van der Waals surface area contributed by atoms with Crippen molar-refractivity contribution in [1.29, 1.82) is 0 Å². The van der Waals surface area contributed by atoms with Crippen LogP contribution in [0.25, 0.3) is 0 Å². The molecule has 146 valence electrons. The van der Waals surface area contributed by atoms with Crippen LogP contribution in [0.3, 0.4) is 0 Å². The molecule has 6 nitrogen and oxygen atoms in total. The first-order chi connectivity index (χ1) is 13.5. The van der Waals surface area contributed by atoms with E-state index in [2.05, 4.69) is 10.6 Å². The number of carbonyl (C=O) groups excluding carboxylic acids is 2.